The number of hydrogen-bond acceptors (Lipinski definition) is 7. The van der Waals surface area contributed by atoms with Crippen molar-refractivity contribution in [3.8, 4) is 11.5 Å². The zero-order chi connectivity index (χ0) is 17.4. The molecule has 1 fully saturated rings. The predicted molar refractivity (Wildman–Crippen MR) is 93.7 cm³/mol. The normalized spacial score (nSPS) is 21.1. The third kappa shape index (κ3) is 3.09. The van der Waals surface area contributed by atoms with Crippen LogP contribution in [0.25, 0.3) is 11.5 Å². The highest BCUT2D eigenvalue weighted by molar-refractivity contribution is 7.14. The number of halogens is 1. The minimum atomic E-state index is -0.155. The van der Waals surface area contributed by atoms with Gasteiger partial charge in [-0.1, -0.05) is 16.8 Å². The largest absolute Gasteiger partial charge is 0.371 e. The molecule has 1 saturated heterocycles. The summed E-state index contributed by atoms with van der Waals surface area (Å²) in [6.07, 6.45) is 3.52. The molecule has 4 heterocycles. The SMILES string of the molecule is CC(C)n1nccc1[C@@H]1OCCC[C@H]1c1nc(-c2ncsc2Cl)no1. The highest BCUT2D eigenvalue weighted by Crippen LogP contribution is 2.41. The van der Waals surface area contributed by atoms with Crippen molar-refractivity contribution in [3.05, 3.63) is 33.7 Å². The lowest BCUT2D eigenvalue weighted by Gasteiger charge is -2.30. The van der Waals surface area contributed by atoms with E-state index in [1.807, 2.05) is 10.7 Å². The van der Waals surface area contributed by atoms with Gasteiger partial charge in [-0.25, -0.2) is 4.98 Å². The molecule has 0 unspecified atom stereocenters. The Morgan fingerprint density at radius 1 is 1.40 bits per heavy atom. The maximum atomic E-state index is 6.13. The average Bonchev–Trinajstić information content (AvgIpc) is 3.34. The summed E-state index contributed by atoms with van der Waals surface area (Å²) in [5, 5.41) is 8.48. The summed E-state index contributed by atoms with van der Waals surface area (Å²) >= 11 is 7.48. The van der Waals surface area contributed by atoms with E-state index in [1.165, 1.54) is 11.3 Å². The Morgan fingerprint density at radius 3 is 3.04 bits per heavy atom. The highest BCUT2D eigenvalue weighted by Gasteiger charge is 2.35. The van der Waals surface area contributed by atoms with Crippen molar-refractivity contribution in [2.75, 3.05) is 6.61 Å². The van der Waals surface area contributed by atoms with Crippen molar-refractivity contribution in [1.82, 2.24) is 24.9 Å². The van der Waals surface area contributed by atoms with Crippen LogP contribution in [-0.2, 0) is 4.74 Å². The maximum Gasteiger partial charge on any atom is 0.233 e. The van der Waals surface area contributed by atoms with Gasteiger partial charge < -0.3 is 9.26 Å². The van der Waals surface area contributed by atoms with Gasteiger partial charge in [0.1, 0.15) is 16.1 Å². The standard InChI is InChI=1S/C16H18ClN5O2S/c1-9(2)22-11(5-6-19-22)13-10(4-3-7-23-13)16-20-15(21-24-16)12-14(17)25-8-18-12/h5-6,8-10,13H,3-4,7H2,1-2H3/t10-,13-/m1/s1. The van der Waals surface area contributed by atoms with Gasteiger partial charge in [0.2, 0.25) is 11.7 Å². The quantitative estimate of drug-likeness (QED) is 0.673. The molecule has 3 aromatic heterocycles. The van der Waals surface area contributed by atoms with Crippen LogP contribution in [0, 0.1) is 0 Å². The minimum absolute atomic E-state index is 0.0124. The van der Waals surface area contributed by atoms with Crippen LogP contribution in [0.4, 0.5) is 0 Å². The Labute approximate surface area is 154 Å². The van der Waals surface area contributed by atoms with Gasteiger partial charge in [0, 0.05) is 18.8 Å². The Kier molecular flexibility index (Phi) is 4.58. The monoisotopic (exact) mass is 379 g/mol. The van der Waals surface area contributed by atoms with Crippen molar-refractivity contribution in [2.45, 2.75) is 44.8 Å². The van der Waals surface area contributed by atoms with Crippen LogP contribution in [-0.4, -0.2) is 31.5 Å². The molecule has 1 aliphatic rings. The third-order valence-corrected chi connectivity index (χ3v) is 5.36. The van der Waals surface area contributed by atoms with Crippen LogP contribution >= 0.6 is 22.9 Å². The van der Waals surface area contributed by atoms with E-state index in [2.05, 4.69) is 34.1 Å². The zero-order valence-electron chi connectivity index (χ0n) is 13.9. The van der Waals surface area contributed by atoms with Gasteiger partial charge in [0.15, 0.2) is 0 Å². The lowest BCUT2D eigenvalue weighted by Crippen LogP contribution is -2.24. The van der Waals surface area contributed by atoms with Crippen LogP contribution in [0.3, 0.4) is 0 Å². The molecule has 1 aliphatic heterocycles. The van der Waals surface area contributed by atoms with Crippen molar-refractivity contribution < 1.29 is 9.26 Å². The Bertz CT molecular complexity index is 858. The average molecular weight is 380 g/mol. The maximum absolute atomic E-state index is 6.13. The second kappa shape index (κ2) is 6.86. The lowest BCUT2D eigenvalue weighted by atomic mass is 9.92. The summed E-state index contributed by atoms with van der Waals surface area (Å²) < 4.78 is 14.2. The smallest absolute Gasteiger partial charge is 0.233 e. The van der Waals surface area contributed by atoms with E-state index < -0.39 is 0 Å². The van der Waals surface area contributed by atoms with Crippen LogP contribution in [0.5, 0.6) is 0 Å². The molecule has 2 atom stereocenters. The number of ether oxygens (including phenoxy) is 1. The van der Waals surface area contributed by atoms with E-state index in [-0.39, 0.29) is 18.1 Å². The Morgan fingerprint density at radius 2 is 2.28 bits per heavy atom. The molecule has 7 nitrogen and oxygen atoms in total. The second-order valence-electron chi connectivity index (χ2n) is 6.27. The molecule has 0 radical (unpaired) electrons. The predicted octanol–water partition coefficient (Wildman–Crippen LogP) is 4.26. The zero-order valence-corrected chi connectivity index (χ0v) is 15.5. The summed E-state index contributed by atoms with van der Waals surface area (Å²) in [5.41, 5.74) is 3.26. The summed E-state index contributed by atoms with van der Waals surface area (Å²) in [7, 11) is 0. The highest BCUT2D eigenvalue weighted by atomic mass is 35.5. The van der Waals surface area contributed by atoms with E-state index >= 15 is 0 Å². The fourth-order valence-corrected chi connectivity index (χ4v) is 3.93. The molecule has 0 saturated carbocycles. The van der Waals surface area contributed by atoms with E-state index in [1.54, 1.807) is 11.7 Å². The van der Waals surface area contributed by atoms with E-state index in [4.69, 9.17) is 20.9 Å². The Balaban J connectivity index is 1.67. The number of rotatable bonds is 4. The molecule has 4 rings (SSSR count). The van der Waals surface area contributed by atoms with Crippen LogP contribution in [0.2, 0.25) is 4.34 Å². The number of thiazole rings is 1. The first kappa shape index (κ1) is 16.7. The number of aromatic nitrogens is 5. The van der Waals surface area contributed by atoms with Crippen LogP contribution in [0.15, 0.2) is 22.3 Å². The third-order valence-electron chi connectivity index (χ3n) is 4.30. The summed E-state index contributed by atoms with van der Waals surface area (Å²) in [6.45, 7) is 4.91. The molecule has 0 aromatic carbocycles. The topological polar surface area (TPSA) is 78.9 Å². The van der Waals surface area contributed by atoms with Gasteiger partial charge in [-0.2, -0.15) is 10.1 Å². The van der Waals surface area contributed by atoms with Gasteiger partial charge in [0.05, 0.1) is 17.1 Å². The van der Waals surface area contributed by atoms with E-state index in [9.17, 15) is 0 Å². The van der Waals surface area contributed by atoms with Crippen molar-refractivity contribution in [3.63, 3.8) is 0 Å². The molecule has 25 heavy (non-hydrogen) atoms. The van der Waals surface area contributed by atoms with Gasteiger partial charge in [-0.05, 0) is 32.8 Å². The molecule has 0 bridgehead atoms. The van der Waals surface area contributed by atoms with Crippen LogP contribution in [0.1, 0.15) is 56.3 Å². The van der Waals surface area contributed by atoms with Gasteiger partial charge >= 0.3 is 0 Å². The molecule has 132 valence electrons. The second-order valence-corrected chi connectivity index (χ2v) is 7.72. The molecule has 0 N–H and O–H groups in total. The van der Waals surface area contributed by atoms with Gasteiger partial charge in [-0.3, -0.25) is 4.68 Å². The fraction of sp³-hybridized carbons (Fsp3) is 0.500. The van der Waals surface area contributed by atoms with Crippen molar-refractivity contribution in [1.29, 1.82) is 0 Å². The van der Waals surface area contributed by atoms with Crippen molar-refractivity contribution in [2.24, 2.45) is 0 Å². The number of nitrogens with zero attached hydrogens (tertiary/aromatic N) is 5. The van der Waals surface area contributed by atoms with Gasteiger partial charge in [-0.15, -0.1) is 11.3 Å². The lowest BCUT2D eigenvalue weighted by molar-refractivity contribution is -0.0159. The fourth-order valence-electron chi connectivity index (χ4n) is 3.17. The van der Waals surface area contributed by atoms with E-state index in [0.29, 0.717) is 28.4 Å². The van der Waals surface area contributed by atoms with E-state index in [0.717, 1.165) is 18.5 Å². The summed E-state index contributed by atoms with van der Waals surface area (Å²) in [4.78, 5) is 8.75. The molecular weight excluding hydrogens is 362 g/mol. The molecule has 3 aromatic rings. The molecule has 9 heteroatoms. The molecular formula is C16H18ClN5O2S. The first-order valence-electron chi connectivity index (χ1n) is 8.23. The van der Waals surface area contributed by atoms with Crippen molar-refractivity contribution >= 4 is 22.9 Å². The first-order valence-corrected chi connectivity index (χ1v) is 9.49. The summed E-state index contributed by atoms with van der Waals surface area (Å²) in [5.74, 6) is 0.963. The van der Waals surface area contributed by atoms with Gasteiger partial charge in [0.25, 0.3) is 0 Å². The molecule has 0 amide bonds. The minimum Gasteiger partial charge on any atom is -0.371 e. The Hall–Kier alpha value is -1.77. The summed E-state index contributed by atoms with van der Waals surface area (Å²) in [6, 6.07) is 2.25. The first-order chi connectivity index (χ1) is 12.1. The molecule has 0 spiro atoms. The van der Waals surface area contributed by atoms with Crippen LogP contribution < -0.4 is 0 Å². The molecule has 0 aliphatic carbocycles. The number of hydrogen-bond donors (Lipinski definition) is 0.